The number of nitrogens with one attached hydrogen (secondary N) is 2. The quantitative estimate of drug-likeness (QED) is 0.336. The molecule has 3 rings (SSSR count). The molecule has 8 heteroatoms. The lowest BCUT2D eigenvalue weighted by Gasteiger charge is -2.11. The van der Waals surface area contributed by atoms with Gasteiger partial charge in [0.05, 0.1) is 7.11 Å². The zero-order chi connectivity index (χ0) is 22.9. The molecule has 3 N–H and O–H groups in total. The summed E-state index contributed by atoms with van der Waals surface area (Å²) in [6.07, 6.45) is 1.84. The average molecular weight is 455 g/mol. The van der Waals surface area contributed by atoms with Crippen molar-refractivity contribution in [1.29, 1.82) is 0 Å². The highest BCUT2D eigenvalue weighted by Gasteiger charge is 2.16. The van der Waals surface area contributed by atoms with Crippen LogP contribution in [0, 0.1) is 0 Å². The number of carbonyl (C=O) groups is 2. The molecule has 0 radical (unpaired) electrons. The predicted octanol–water partition coefficient (Wildman–Crippen LogP) is 3.88. The van der Waals surface area contributed by atoms with E-state index < -0.39 is 11.8 Å². The maximum absolute atomic E-state index is 12.7. The third kappa shape index (κ3) is 6.23. The van der Waals surface area contributed by atoms with Gasteiger partial charge in [-0.25, -0.2) is 0 Å². The Bertz CT molecular complexity index is 1110. The number of benzene rings is 2. The summed E-state index contributed by atoms with van der Waals surface area (Å²) in [5.74, 6) is 0.602. The van der Waals surface area contributed by atoms with E-state index in [0.29, 0.717) is 34.3 Å². The normalized spacial score (nSPS) is 11.2. The number of hydrogen-bond donors (Lipinski definition) is 3. The van der Waals surface area contributed by atoms with E-state index in [-0.39, 0.29) is 18.8 Å². The molecule has 0 atom stereocenters. The first-order valence-electron chi connectivity index (χ1n) is 9.92. The van der Waals surface area contributed by atoms with Gasteiger partial charge in [-0.1, -0.05) is 23.7 Å². The summed E-state index contributed by atoms with van der Waals surface area (Å²) in [6, 6.07) is 17.1. The van der Waals surface area contributed by atoms with E-state index in [0.717, 1.165) is 5.56 Å². The van der Waals surface area contributed by atoms with Crippen LogP contribution < -0.4 is 15.4 Å². The van der Waals surface area contributed by atoms with Crippen LogP contribution in [0.3, 0.4) is 0 Å². The average Bonchev–Trinajstić information content (AvgIpc) is 3.27. The number of amides is 2. The Balaban J connectivity index is 1.84. The lowest BCUT2D eigenvalue weighted by molar-refractivity contribution is -0.117. The van der Waals surface area contributed by atoms with Gasteiger partial charge in [0.25, 0.3) is 11.8 Å². The molecule has 32 heavy (non-hydrogen) atoms. The van der Waals surface area contributed by atoms with Crippen LogP contribution >= 0.6 is 11.6 Å². The molecule has 0 spiro atoms. The Hall–Kier alpha value is -3.55. The molecule has 0 aliphatic carbocycles. The highest BCUT2D eigenvalue weighted by Crippen LogP contribution is 2.25. The van der Waals surface area contributed by atoms with Gasteiger partial charge < -0.3 is 24.9 Å². The number of aliphatic hydroxyl groups is 1. The summed E-state index contributed by atoms with van der Waals surface area (Å²) < 4.78 is 10.9. The fraction of sp³-hybridized carbons (Fsp3) is 0.167. The lowest BCUT2D eigenvalue weighted by atomic mass is 10.2. The predicted molar refractivity (Wildman–Crippen MR) is 122 cm³/mol. The molecule has 2 amide bonds. The number of rotatable bonds is 9. The highest BCUT2D eigenvalue weighted by molar-refractivity contribution is 6.30. The van der Waals surface area contributed by atoms with Gasteiger partial charge in [0.2, 0.25) is 0 Å². The smallest absolute Gasteiger partial charge is 0.267 e. The van der Waals surface area contributed by atoms with E-state index in [2.05, 4.69) is 10.6 Å². The molecule has 166 valence electrons. The van der Waals surface area contributed by atoms with Crippen LogP contribution in [0.1, 0.15) is 22.5 Å². The Morgan fingerprint density at radius 1 is 1.12 bits per heavy atom. The van der Waals surface area contributed by atoms with Crippen LogP contribution in [0.25, 0.3) is 17.4 Å². The van der Waals surface area contributed by atoms with Crippen molar-refractivity contribution < 1.29 is 23.8 Å². The monoisotopic (exact) mass is 454 g/mol. The molecule has 7 nitrogen and oxygen atoms in total. The third-order valence-electron chi connectivity index (χ3n) is 4.49. The molecule has 2 aromatic carbocycles. The van der Waals surface area contributed by atoms with Gasteiger partial charge in [-0.05, 0) is 55.0 Å². The summed E-state index contributed by atoms with van der Waals surface area (Å²) >= 11 is 6.04. The summed E-state index contributed by atoms with van der Waals surface area (Å²) in [4.78, 5) is 25.3. The molecule has 0 aliphatic heterocycles. The highest BCUT2D eigenvalue weighted by atomic mass is 35.5. The summed E-state index contributed by atoms with van der Waals surface area (Å²) in [5.41, 5.74) is 1.16. The maximum Gasteiger partial charge on any atom is 0.267 e. The van der Waals surface area contributed by atoms with Crippen molar-refractivity contribution in [3.05, 3.63) is 82.7 Å². The molecule has 0 bridgehead atoms. The number of hydrogen-bond acceptors (Lipinski definition) is 5. The second-order valence-electron chi connectivity index (χ2n) is 6.79. The Kier molecular flexibility index (Phi) is 8.08. The number of halogens is 1. The molecule has 1 aromatic heterocycles. The van der Waals surface area contributed by atoms with Crippen molar-refractivity contribution in [2.75, 3.05) is 20.3 Å². The van der Waals surface area contributed by atoms with Crippen LogP contribution in [-0.2, 0) is 4.79 Å². The van der Waals surface area contributed by atoms with Crippen LogP contribution in [0.5, 0.6) is 5.75 Å². The summed E-state index contributed by atoms with van der Waals surface area (Å²) in [6.45, 7) is 0.204. The second-order valence-corrected chi connectivity index (χ2v) is 7.22. The van der Waals surface area contributed by atoms with E-state index >= 15 is 0 Å². The van der Waals surface area contributed by atoms with Crippen LogP contribution in [0.4, 0.5) is 0 Å². The molecule has 0 saturated heterocycles. The number of aliphatic hydroxyl groups excluding tert-OH is 1. The molecule has 3 aromatic rings. The van der Waals surface area contributed by atoms with Crippen molar-refractivity contribution in [1.82, 2.24) is 10.6 Å². The van der Waals surface area contributed by atoms with Crippen molar-refractivity contribution in [2.45, 2.75) is 6.42 Å². The molecule has 0 aliphatic rings. The SMILES string of the molecule is COc1ccc(C(=O)N/C(=C/c2ccc(-c3cccc(Cl)c3)o2)C(=O)NCCCO)cc1. The van der Waals surface area contributed by atoms with Gasteiger partial charge >= 0.3 is 0 Å². The van der Waals surface area contributed by atoms with Gasteiger partial charge in [0, 0.05) is 35.4 Å². The van der Waals surface area contributed by atoms with Crippen LogP contribution in [0.2, 0.25) is 5.02 Å². The molecule has 0 fully saturated rings. The van der Waals surface area contributed by atoms with Gasteiger partial charge in [-0.3, -0.25) is 9.59 Å². The first-order chi connectivity index (χ1) is 15.5. The fourth-order valence-electron chi connectivity index (χ4n) is 2.84. The Labute approximate surface area is 190 Å². The minimum atomic E-state index is -0.499. The Morgan fingerprint density at radius 3 is 2.59 bits per heavy atom. The second kappa shape index (κ2) is 11.2. The van der Waals surface area contributed by atoms with E-state index in [9.17, 15) is 9.59 Å². The number of methoxy groups -OCH3 is 1. The topological polar surface area (TPSA) is 101 Å². The van der Waals surface area contributed by atoms with E-state index in [1.165, 1.54) is 13.2 Å². The molecular weight excluding hydrogens is 432 g/mol. The molecule has 0 saturated carbocycles. The molecule has 0 unspecified atom stereocenters. The van der Waals surface area contributed by atoms with Gasteiger partial charge in [-0.2, -0.15) is 0 Å². The number of ether oxygens (including phenoxy) is 1. The largest absolute Gasteiger partial charge is 0.497 e. The third-order valence-corrected chi connectivity index (χ3v) is 4.72. The van der Waals surface area contributed by atoms with Gasteiger partial charge in [0.15, 0.2) is 0 Å². The van der Waals surface area contributed by atoms with Crippen LogP contribution in [0.15, 0.2) is 70.8 Å². The lowest BCUT2D eigenvalue weighted by Crippen LogP contribution is -2.35. The van der Waals surface area contributed by atoms with Crippen molar-refractivity contribution in [2.24, 2.45) is 0 Å². The van der Waals surface area contributed by atoms with Crippen molar-refractivity contribution in [3.8, 4) is 17.1 Å². The summed E-state index contributed by atoms with van der Waals surface area (Å²) in [7, 11) is 1.54. The summed E-state index contributed by atoms with van der Waals surface area (Å²) in [5, 5.41) is 14.8. The van der Waals surface area contributed by atoms with Crippen molar-refractivity contribution in [3.63, 3.8) is 0 Å². The van der Waals surface area contributed by atoms with E-state index in [1.807, 2.05) is 12.1 Å². The van der Waals surface area contributed by atoms with Gasteiger partial charge in [-0.15, -0.1) is 0 Å². The minimum Gasteiger partial charge on any atom is -0.497 e. The number of carbonyl (C=O) groups excluding carboxylic acids is 2. The zero-order valence-corrected chi connectivity index (χ0v) is 18.2. The van der Waals surface area contributed by atoms with Crippen molar-refractivity contribution >= 4 is 29.5 Å². The Morgan fingerprint density at radius 2 is 1.91 bits per heavy atom. The van der Waals surface area contributed by atoms with Gasteiger partial charge in [0.1, 0.15) is 23.0 Å². The minimum absolute atomic E-state index is 0.00996. The molecular formula is C24H23ClN2O5. The molecule has 1 heterocycles. The van der Waals surface area contributed by atoms with E-state index in [1.54, 1.807) is 48.5 Å². The maximum atomic E-state index is 12.7. The first kappa shape index (κ1) is 23.1. The first-order valence-corrected chi connectivity index (χ1v) is 10.3. The van der Waals surface area contributed by atoms with E-state index in [4.69, 9.17) is 25.9 Å². The van der Waals surface area contributed by atoms with Crippen LogP contribution in [-0.4, -0.2) is 37.2 Å². The number of furan rings is 1. The zero-order valence-electron chi connectivity index (χ0n) is 17.4. The fourth-order valence-corrected chi connectivity index (χ4v) is 3.03. The standard InChI is InChI=1S/C24H23ClN2O5/c1-31-19-8-6-16(7-9-19)23(29)27-21(24(30)26-12-3-13-28)15-20-10-11-22(32-20)17-4-2-5-18(25)14-17/h2,4-11,14-15,28H,3,12-13H2,1H3,(H,26,30)(H,27,29)/b21-15+.